The fourth-order valence-electron chi connectivity index (χ4n) is 8.92. The Morgan fingerprint density at radius 3 is 1.20 bits per heavy atom. The maximum atomic E-state index is 4.76. The molecule has 0 spiro atoms. The number of benzene rings is 4. The van der Waals surface area contributed by atoms with Crippen LogP contribution in [0.2, 0.25) is 26.2 Å². The van der Waals surface area contributed by atoms with Gasteiger partial charge in [0.15, 0.2) is 0 Å². The number of hydrogen-bond donors (Lipinski definition) is 0. The van der Waals surface area contributed by atoms with Crippen molar-refractivity contribution in [2.24, 2.45) is 0 Å². The number of nitrogens with zero attached hydrogens (tertiary/aromatic N) is 6. The molecule has 2 aliphatic rings. The zero-order chi connectivity index (χ0) is 36.6. The SMILES string of the molecule is C[Si]1(C)c2cc(N(c3ccncc3)c3ccccn3)ccc2-c2c1ccc1c3c(ccc21)[Si](C)(C)c1cc(N(c2ccncc2)c2ccccn2)ccc1-3. The third-order valence-corrected chi connectivity index (χ3v) is 18.6. The van der Waals surface area contributed by atoms with Crippen LogP contribution in [0.3, 0.4) is 0 Å². The second-order valence-electron chi connectivity index (χ2n) is 15.2. The Hall–Kier alpha value is -6.23. The highest BCUT2D eigenvalue weighted by molar-refractivity contribution is 7.05. The minimum atomic E-state index is -2.05. The zero-order valence-electron chi connectivity index (χ0n) is 30.7. The van der Waals surface area contributed by atoms with Gasteiger partial charge in [-0.25, -0.2) is 9.97 Å². The van der Waals surface area contributed by atoms with E-state index in [1.807, 2.05) is 85.7 Å². The molecule has 10 rings (SSSR count). The first-order valence-electron chi connectivity index (χ1n) is 18.5. The molecule has 0 amide bonds. The molecule has 0 bridgehead atoms. The molecule has 4 aromatic carbocycles. The second-order valence-corrected chi connectivity index (χ2v) is 23.9. The van der Waals surface area contributed by atoms with Crippen LogP contribution in [-0.4, -0.2) is 36.1 Å². The summed E-state index contributed by atoms with van der Waals surface area (Å²) in [6.45, 7) is 10.0. The summed E-state index contributed by atoms with van der Waals surface area (Å²) in [4.78, 5) is 22.6. The van der Waals surface area contributed by atoms with Crippen molar-refractivity contribution in [1.82, 2.24) is 19.9 Å². The van der Waals surface area contributed by atoms with Gasteiger partial charge in [0, 0.05) is 48.6 Å². The van der Waals surface area contributed by atoms with E-state index in [2.05, 4.69) is 119 Å². The Bertz CT molecular complexity index is 2450. The summed E-state index contributed by atoms with van der Waals surface area (Å²) >= 11 is 0. The third kappa shape index (κ3) is 4.83. The van der Waals surface area contributed by atoms with Gasteiger partial charge in [0.25, 0.3) is 0 Å². The maximum Gasteiger partial charge on any atom is 0.137 e. The van der Waals surface area contributed by atoms with E-state index < -0.39 is 16.1 Å². The average Bonchev–Trinajstić information content (AvgIpc) is 3.59. The Kier molecular flexibility index (Phi) is 7.30. The van der Waals surface area contributed by atoms with Crippen molar-refractivity contribution >= 4 is 82.1 Å². The topological polar surface area (TPSA) is 58.0 Å². The third-order valence-electron chi connectivity index (χ3n) is 11.6. The summed E-state index contributed by atoms with van der Waals surface area (Å²) in [5.74, 6) is 1.77. The molecular weight excluding hydrogens is 693 g/mol. The highest BCUT2D eigenvalue weighted by Crippen LogP contribution is 2.43. The van der Waals surface area contributed by atoms with E-state index in [0.717, 1.165) is 34.4 Å². The molecule has 0 aliphatic carbocycles. The van der Waals surface area contributed by atoms with E-state index in [9.17, 15) is 0 Å². The molecule has 54 heavy (non-hydrogen) atoms. The normalized spacial score (nSPS) is 14.2. The van der Waals surface area contributed by atoms with Gasteiger partial charge in [-0.2, -0.15) is 0 Å². The largest absolute Gasteiger partial charge is 0.295 e. The van der Waals surface area contributed by atoms with Gasteiger partial charge in [-0.05, 0) is 127 Å². The van der Waals surface area contributed by atoms with Crippen molar-refractivity contribution < 1.29 is 0 Å². The molecule has 0 fully saturated rings. The van der Waals surface area contributed by atoms with Crippen LogP contribution in [0.15, 0.2) is 159 Å². The number of rotatable bonds is 6. The summed E-state index contributed by atoms with van der Waals surface area (Å²) in [5, 5.41) is 8.63. The van der Waals surface area contributed by atoms with Crippen LogP contribution in [-0.2, 0) is 0 Å². The number of aromatic nitrogens is 4. The summed E-state index contributed by atoms with van der Waals surface area (Å²) in [6, 6.07) is 44.2. The minimum Gasteiger partial charge on any atom is -0.295 e. The van der Waals surface area contributed by atoms with Gasteiger partial charge in [-0.15, -0.1) is 0 Å². The monoisotopic (exact) mass is 730 g/mol. The smallest absolute Gasteiger partial charge is 0.137 e. The predicted octanol–water partition coefficient (Wildman–Crippen LogP) is 8.97. The van der Waals surface area contributed by atoms with Gasteiger partial charge in [0.2, 0.25) is 0 Å². The van der Waals surface area contributed by atoms with E-state index in [0.29, 0.717) is 0 Å². The molecule has 8 heteroatoms. The molecule has 260 valence electrons. The first-order valence-corrected chi connectivity index (χ1v) is 24.5. The average molecular weight is 731 g/mol. The Morgan fingerprint density at radius 1 is 0.389 bits per heavy atom. The van der Waals surface area contributed by atoms with E-state index in [1.165, 1.54) is 53.8 Å². The van der Waals surface area contributed by atoms with Crippen LogP contribution in [0.25, 0.3) is 33.0 Å². The van der Waals surface area contributed by atoms with Crippen molar-refractivity contribution in [3.63, 3.8) is 0 Å². The fourth-order valence-corrected chi connectivity index (χ4v) is 15.1. The van der Waals surface area contributed by atoms with Crippen LogP contribution >= 0.6 is 0 Å². The lowest BCUT2D eigenvalue weighted by atomic mass is 9.92. The molecule has 4 aromatic heterocycles. The number of anilines is 6. The lowest BCUT2D eigenvalue weighted by molar-refractivity contribution is 1.17. The van der Waals surface area contributed by atoms with E-state index in [4.69, 9.17) is 9.97 Å². The molecule has 6 nitrogen and oxygen atoms in total. The van der Waals surface area contributed by atoms with Crippen molar-refractivity contribution in [1.29, 1.82) is 0 Å². The highest BCUT2D eigenvalue weighted by Gasteiger charge is 2.42. The highest BCUT2D eigenvalue weighted by atomic mass is 28.3. The number of hydrogen-bond acceptors (Lipinski definition) is 6. The van der Waals surface area contributed by atoms with Gasteiger partial charge in [0.1, 0.15) is 27.8 Å². The van der Waals surface area contributed by atoms with Gasteiger partial charge < -0.3 is 0 Å². The molecule has 8 aromatic rings. The van der Waals surface area contributed by atoms with Crippen LogP contribution in [0.1, 0.15) is 0 Å². The lowest BCUT2D eigenvalue weighted by Crippen LogP contribution is -2.49. The van der Waals surface area contributed by atoms with Gasteiger partial charge in [-0.3, -0.25) is 19.8 Å². The molecule has 0 N–H and O–H groups in total. The summed E-state index contributed by atoms with van der Waals surface area (Å²) in [5.41, 5.74) is 9.84. The first-order chi connectivity index (χ1) is 26.3. The molecular formula is C46H38N6Si2. The molecule has 0 saturated heterocycles. The fraction of sp³-hybridized carbons (Fsp3) is 0.0870. The standard InChI is InChI=1S/C46H38N6Si2/c1-53(2)39-17-15-36-35(45(39)37-13-11-33(29-41(37)53)51(31-19-25-47-26-20-31)43-9-5-7-23-49-43)16-18-40-46(36)38-14-12-34(30-42(38)54(40,3)4)52(32-21-27-48-28-22-32)44-10-6-8-24-50-44/h5-30H,1-4H3. The van der Waals surface area contributed by atoms with Crippen molar-refractivity contribution in [3.05, 3.63) is 159 Å². The van der Waals surface area contributed by atoms with Crippen LogP contribution in [0.4, 0.5) is 34.4 Å². The molecule has 2 aliphatic heterocycles. The molecule has 0 saturated carbocycles. The Morgan fingerprint density at radius 2 is 0.815 bits per heavy atom. The maximum absolute atomic E-state index is 4.76. The van der Waals surface area contributed by atoms with Gasteiger partial charge in [0.05, 0.1) is 11.4 Å². The molecule has 0 atom stereocenters. The van der Waals surface area contributed by atoms with E-state index >= 15 is 0 Å². The van der Waals surface area contributed by atoms with Crippen molar-refractivity contribution in [2.45, 2.75) is 26.2 Å². The van der Waals surface area contributed by atoms with Crippen LogP contribution < -0.4 is 30.5 Å². The quantitative estimate of drug-likeness (QED) is 0.159. The van der Waals surface area contributed by atoms with E-state index in [-0.39, 0.29) is 0 Å². The second kappa shape index (κ2) is 12.2. The Balaban J connectivity index is 1.12. The summed E-state index contributed by atoms with van der Waals surface area (Å²) in [6.07, 6.45) is 11.1. The zero-order valence-corrected chi connectivity index (χ0v) is 32.7. The minimum absolute atomic E-state index is 0.886. The van der Waals surface area contributed by atoms with E-state index in [1.54, 1.807) is 0 Å². The molecule has 0 radical (unpaired) electrons. The summed E-state index contributed by atoms with van der Waals surface area (Å²) < 4.78 is 0. The van der Waals surface area contributed by atoms with Crippen LogP contribution in [0.5, 0.6) is 0 Å². The number of fused-ring (bicyclic) bond motifs is 9. The molecule has 6 heterocycles. The first kappa shape index (κ1) is 32.4. The van der Waals surface area contributed by atoms with Gasteiger partial charge in [-0.1, -0.05) is 74.7 Å². The van der Waals surface area contributed by atoms with Gasteiger partial charge >= 0.3 is 0 Å². The van der Waals surface area contributed by atoms with Crippen molar-refractivity contribution in [3.8, 4) is 22.3 Å². The molecule has 0 unspecified atom stereocenters. The Labute approximate surface area is 317 Å². The number of pyridine rings is 4. The summed E-state index contributed by atoms with van der Waals surface area (Å²) in [7, 11) is -4.11. The lowest BCUT2D eigenvalue weighted by Gasteiger charge is -2.26. The van der Waals surface area contributed by atoms with Crippen molar-refractivity contribution in [2.75, 3.05) is 9.80 Å². The van der Waals surface area contributed by atoms with Crippen LogP contribution in [0, 0.1) is 0 Å². The predicted molar refractivity (Wildman–Crippen MR) is 229 cm³/mol.